The molecular formula is C16H27NO2. The molecular weight excluding hydrogens is 238 g/mol. The fourth-order valence-corrected chi connectivity index (χ4v) is 1.82. The summed E-state index contributed by atoms with van der Waals surface area (Å²) in [6, 6.07) is 4.04. The molecule has 0 atom stereocenters. The summed E-state index contributed by atoms with van der Waals surface area (Å²) in [5, 5.41) is 0. The van der Waals surface area contributed by atoms with Gasteiger partial charge in [-0.05, 0) is 42.0 Å². The fraction of sp³-hybridized carbons (Fsp3) is 0.625. The number of hydrogen-bond donors (Lipinski definition) is 1. The standard InChI is InChI=1S/C16H27NO2/c1-11(2)10-18-6-7-19-16-8-13(5)15(17)9-14(16)12(3)4/h8-9,11-12H,6-7,10,17H2,1-5H3. The Kier molecular flexibility index (Phi) is 6.16. The summed E-state index contributed by atoms with van der Waals surface area (Å²) in [6.45, 7) is 12.6. The van der Waals surface area contributed by atoms with Crippen molar-refractivity contribution in [1.82, 2.24) is 0 Å². The van der Waals surface area contributed by atoms with E-state index >= 15 is 0 Å². The molecule has 1 aromatic carbocycles. The number of benzene rings is 1. The summed E-state index contributed by atoms with van der Waals surface area (Å²) in [5.74, 6) is 1.88. The predicted octanol–water partition coefficient (Wildman–Crippen LogP) is 3.75. The van der Waals surface area contributed by atoms with Crippen molar-refractivity contribution in [2.75, 3.05) is 25.6 Å². The molecule has 0 aromatic heterocycles. The zero-order valence-electron chi connectivity index (χ0n) is 12.8. The van der Waals surface area contributed by atoms with Crippen LogP contribution in [0.2, 0.25) is 0 Å². The van der Waals surface area contributed by atoms with Gasteiger partial charge in [-0.1, -0.05) is 27.7 Å². The first-order valence-corrected chi connectivity index (χ1v) is 7.02. The lowest BCUT2D eigenvalue weighted by molar-refractivity contribution is 0.0815. The summed E-state index contributed by atoms with van der Waals surface area (Å²) < 4.78 is 11.4. The quantitative estimate of drug-likeness (QED) is 0.603. The van der Waals surface area contributed by atoms with Crippen LogP contribution in [-0.2, 0) is 4.74 Å². The number of nitrogen functional groups attached to an aromatic ring is 1. The molecule has 0 heterocycles. The lowest BCUT2D eigenvalue weighted by atomic mass is 9.99. The summed E-state index contributed by atoms with van der Waals surface area (Å²) in [7, 11) is 0. The van der Waals surface area contributed by atoms with Crippen LogP contribution in [0.25, 0.3) is 0 Å². The maximum absolute atomic E-state index is 5.96. The molecule has 0 aliphatic heterocycles. The SMILES string of the molecule is Cc1cc(OCCOCC(C)C)c(C(C)C)cc1N. The van der Waals surface area contributed by atoms with Gasteiger partial charge in [-0.15, -0.1) is 0 Å². The largest absolute Gasteiger partial charge is 0.491 e. The summed E-state index contributed by atoms with van der Waals surface area (Å²) >= 11 is 0. The lowest BCUT2D eigenvalue weighted by Gasteiger charge is -2.16. The minimum Gasteiger partial charge on any atom is -0.491 e. The molecule has 1 rings (SSSR count). The Labute approximate surface area is 117 Å². The molecule has 0 aliphatic carbocycles. The van der Waals surface area contributed by atoms with Gasteiger partial charge in [-0.25, -0.2) is 0 Å². The van der Waals surface area contributed by atoms with E-state index in [0.29, 0.717) is 25.0 Å². The first kappa shape index (κ1) is 15.8. The molecule has 19 heavy (non-hydrogen) atoms. The molecule has 1 aromatic rings. The van der Waals surface area contributed by atoms with Crippen molar-refractivity contribution in [3.8, 4) is 5.75 Å². The molecule has 3 nitrogen and oxygen atoms in total. The molecule has 3 heteroatoms. The molecule has 0 spiro atoms. The molecule has 0 saturated carbocycles. The van der Waals surface area contributed by atoms with Gasteiger partial charge in [0, 0.05) is 12.3 Å². The summed E-state index contributed by atoms with van der Waals surface area (Å²) in [5.41, 5.74) is 9.00. The molecule has 0 saturated heterocycles. The van der Waals surface area contributed by atoms with Crippen LogP contribution in [0.15, 0.2) is 12.1 Å². The number of nitrogens with two attached hydrogens (primary N) is 1. The zero-order valence-corrected chi connectivity index (χ0v) is 12.8. The van der Waals surface area contributed by atoms with Gasteiger partial charge in [0.1, 0.15) is 12.4 Å². The minimum atomic E-state index is 0.398. The van der Waals surface area contributed by atoms with E-state index in [1.165, 1.54) is 0 Å². The van der Waals surface area contributed by atoms with E-state index in [-0.39, 0.29) is 0 Å². The van der Waals surface area contributed by atoms with Crippen molar-refractivity contribution in [2.45, 2.75) is 40.5 Å². The number of aryl methyl sites for hydroxylation is 1. The highest BCUT2D eigenvalue weighted by Crippen LogP contribution is 2.30. The van der Waals surface area contributed by atoms with Gasteiger partial charge in [-0.3, -0.25) is 0 Å². The normalized spacial score (nSPS) is 11.3. The maximum atomic E-state index is 5.96. The third kappa shape index (κ3) is 5.11. The molecule has 0 aliphatic rings. The third-order valence-corrected chi connectivity index (χ3v) is 2.96. The highest BCUT2D eigenvalue weighted by atomic mass is 16.5. The Hall–Kier alpha value is -1.22. The van der Waals surface area contributed by atoms with Crippen molar-refractivity contribution < 1.29 is 9.47 Å². The monoisotopic (exact) mass is 265 g/mol. The van der Waals surface area contributed by atoms with Gasteiger partial charge >= 0.3 is 0 Å². The van der Waals surface area contributed by atoms with Crippen LogP contribution in [0.3, 0.4) is 0 Å². The Balaban J connectivity index is 2.59. The van der Waals surface area contributed by atoms with Crippen LogP contribution in [0.5, 0.6) is 5.75 Å². The average Bonchev–Trinajstić information content (AvgIpc) is 2.32. The van der Waals surface area contributed by atoms with Crippen molar-refractivity contribution in [3.63, 3.8) is 0 Å². The Morgan fingerprint density at radius 2 is 1.79 bits per heavy atom. The van der Waals surface area contributed by atoms with Gasteiger partial charge in [0.25, 0.3) is 0 Å². The highest BCUT2D eigenvalue weighted by Gasteiger charge is 2.10. The second kappa shape index (κ2) is 7.39. The molecule has 0 bridgehead atoms. The van der Waals surface area contributed by atoms with E-state index in [4.69, 9.17) is 15.2 Å². The topological polar surface area (TPSA) is 44.5 Å². The van der Waals surface area contributed by atoms with Crippen molar-refractivity contribution >= 4 is 5.69 Å². The number of anilines is 1. The van der Waals surface area contributed by atoms with Crippen molar-refractivity contribution in [3.05, 3.63) is 23.3 Å². The fourth-order valence-electron chi connectivity index (χ4n) is 1.82. The van der Waals surface area contributed by atoms with E-state index in [0.717, 1.165) is 29.2 Å². The number of rotatable bonds is 7. The van der Waals surface area contributed by atoms with Crippen LogP contribution in [0.4, 0.5) is 5.69 Å². The second-order valence-electron chi connectivity index (χ2n) is 5.72. The molecule has 0 amide bonds. The highest BCUT2D eigenvalue weighted by molar-refractivity contribution is 5.55. The zero-order chi connectivity index (χ0) is 14.4. The van der Waals surface area contributed by atoms with Crippen molar-refractivity contribution in [1.29, 1.82) is 0 Å². The van der Waals surface area contributed by atoms with Crippen molar-refractivity contribution in [2.24, 2.45) is 5.92 Å². The van der Waals surface area contributed by atoms with Gasteiger partial charge in [-0.2, -0.15) is 0 Å². The molecule has 0 fully saturated rings. The third-order valence-electron chi connectivity index (χ3n) is 2.96. The lowest BCUT2D eigenvalue weighted by Crippen LogP contribution is -2.11. The molecule has 0 unspecified atom stereocenters. The molecule has 108 valence electrons. The summed E-state index contributed by atoms with van der Waals surface area (Å²) in [4.78, 5) is 0. The van der Waals surface area contributed by atoms with E-state index in [1.54, 1.807) is 0 Å². The Morgan fingerprint density at radius 3 is 2.37 bits per heavy atom. The Bertz CT molecular complexity index is 400. The van der Waals surface area contributed by atoms with Gasteiger partial charge in [0.2, 0.25) is 0 Å². The second-order valence-corrected chi connectivity index (χ2v) is 5.72. The van der Waals surface area contributed by atoms with E-state index in [1.807, 2.05) is 19.1 Å². The van der Waals surface area contributed by atoms with Crippen LogP contribution in [-0.4, -0.2) is 19.8 Å². The van der Waals surface area contributed by atoms with E-state index < -0.39 is 0 Å². The maximum Gasteiger partial charge on any atom is 0.123 e. The van der Waals surface area contributed by atoms with Gasteiger partial charge in [0.15, 0.2) is 0 Å². The number of ether oxygens (including phenoxy) is 2. The molecule has 0 radical (unpaired) electrons. The predicted molar refractivity (Wildman–Crippen MR) is 80.8 cm³/mol. The van der Waals surface area contributed by atoms with E-state index in [9.17, 15) is 0 Å². The average molecular weight is 265 g/mol. The van der Waals surface area contributed by atoms with E-state index in [2.05, 4.69) is 27.7 Å². The van der Waals surface area contributed by atoms with Crippen LogP contribution >= 0.6 is 0 Å². The van der Waals surface area contributed by atoms with Crippen LogP contribution < -0.4 is 10.5 Å². The summed E-state index contributed by atoms with van der Waals surface area (Å²) in [6.07, 6.45) is 0. The van der Waals surface area contributed by atoms with Crippen LogP contribution in [0.1, 0.15) is 44.7 Å². The van der Waals surface area contributed by atoms with Crippen LogP contribution in [0, 0.1) is 12.8 Å². The van der Waals surface area contributed by atoms with Gasteiger partial charge < -0.3 is 15.2 Å². The first-order valence-electron chi connectivity index (χ1n) is 7.02. The minimum absolute atomic E-state index is 0.398. The Morgan fingerprint density at radius 1 is 1.11 bits per heavy atom. The molecule has 2 N–H and O–H groups in total. The van der Waals surface area contributed by atoms with Gasteiger partial charge in [0.05, 0.1) is 6.61 Å². The first-order chi connectivity index (χ1) is 8.91. The smallest absolute Gasteiger partial charge is 0.123 e. The number of hydrogen-bond acceptors (Lipinski definition) is 3.